The Morgan fingerprint density at radius 2 is 1.52 bits per heavy atom. The lowest BCUT2D eigenvalue weighted by molar-refractivity contribution is -0.163. The minimum absolute atomic E-state index is 0.00484. The van der Waals surface area contributed by atoms with Crippen LogP contribution in [-0.4, -0.2) is 53.0 Å². The molecule has 2 N–H and O–H groups in total. The highest BCUT2D eigenvalue weighted by atomic mass is 16.6. The van der Waals surface area contributed by atoms with E-state index in [1.54, 1.807) is 30.3 Å². The second-order valence-electron chi connectivity index (χ2n) is 9.80. The Balaban J connectivity index is 1.46. The normalized spacial score (nSPS) is 15.2. The molecule has 1 fully saturated rings. The van der Waals surface area contributed by atoms with Crippen LogP contribution in [-0.2, 0) is 32.1 Å². The standard InChI is InChI=1S/C32H33N5O5/c33-22-27(26-15-8-3-9-16-26)35-31(40)28-17-10-20-36(32(41)42-23-25-13-6-2-7-14-25)37(28)30(39)18-19-34-29(38)21-24-11-4-1-5-12-24/h1-9,11-16,27-28H,10,17-21,23H2,(H,34,38)(H,35,40)/t27?,28-/m0/s1. The van der Waals surface area contributed by atoms with Crippen molar-refractivity contribution in [2.75, 3.05) is 13.1 Å². The van der Waals surface area contributed by atoms with Crippen molar-refractivity contribution in [3.8, 4) is 6.07 Å². The Kier molecular flexibility index (Phi) is 10.6. The van der Waals surface area contributed by atoms with Crippen molar-refractivity contribution >= 4 is 23.8 Å². The van der Waals surface area contributed by atoms with Crippen LogP contribution >= 0.6 is 0 Å². The third-order valence-corrected chi connectivity index (χ3v) is 6.79. The van der Waals surface area contributed by atoms with Gasteiger partial charge in [-0.25, -0.2) is 14.8 Å². The fraction of sp³-hybridized carbons (Fsp3) is 0.281. The van der Waals surface area contributed by atoms with Gasteiger partial charge >= 0.3 is 6.09 Å². The van der Waals surface area contributed by atoms with Crippen LogP contribution in [0.3, 0.4) is 0 Å². The maximum absolute atomic E-state index is 13.5. The van der Waals surface area contributed by atoms with E-state index in [-0.39, 0.29) is 44.9 Å². The Hall–Kier alpha value is -5.17. The molecule has 10 nitrogen and oxygen atoms in total. The van der Waals surface area contributed by atoms with Gasteiger partial charge in [-0.2, -0.15) is 5.26 Å². The van der Waals surface area contributed by atoms with E-state index in [0.29, 0.717) is 12.0 Å². The first-order valence-corrected chi connectivity index (χ1v) is 13.8. The lowest BCUT2D eigenvalue weighted by atomic mass is 10.0. The molecule has 1 unspecified atom stereocenters. The summed E-state index contributed by atoms with van der Waals surface area (Å²) in [4.78, 5) is 52.6. The molecule has 4 rings (SSSR count). The minimum Gasteiger partial charge on any atom is -0.443 e. The molecule has 3 aromatic rings. The van der Waals surface area contributed by atoms with E-state index >= 15 is 0 Å². The third-order valence-electron chi connectivity index (χ3n) is 6.79. The molecule has 0 aliphatic carbocycles. The third kappa shape index (κ3) is 8.17. The summed E-state index contributed by atoms with van der Waals surface area (Å²) >= 11 is 0. The number of rotatable bonds is 10. The highest BCUT2D eigenvalue weighted by Crippen LogP contribution is 2.23. The minimum atomic E-state index is -1.05. The molecule has 1 heterocycles. The molecule has 0 spiro atoms. The summed E-state index contributed by atoms with van der Waals surface area (Å²) in [6.07, 6.45) is -0.0201. The zero-order valence-electron chi connectivity index (χ0n) is 23.1. The number of hydrazine groups is 1. The Morgan fingerprint density at radius 1 is 0.905 bits per heavy atom. The van der Waals surface area contributed by atoms with Crippen molar-refractivity contribution in [1.82, 2.24) is 20.7 Å². The van der Waals surface area contributed by atoms with Crippen molar-refractivity contribution < 1.29 is 23.9 Å². The van der Waals surface area contributed by atoms with Gasteiger partial charge in [0.25, 0.3) is 0 Å². The van der Waals surface area contributed by atoms with Crippen LogP contribution < -0.4 is 10.6 Å². The maximum atomic E-state index is 13.5. The molecule has 0 radical (unpaired) electrons. The molecule has 0 aromatic heterocycles. The summed E-state index contributed by atoms with van der Waals surface area (Å²) in [5.74, 6) is -1.34. The van der Waals surface area contributed by atoms with Crippen molar-refractivity contribution in [1.29, 1.82) is 5.26 Å². The van der Waals surface area contributed by atoms with Crippen LogP contribution in [0, 0.1) is 11.3 Å². The smallest absolute Gasteiger partial charge is 0.429 e. The zero-order valence-corrected chi connectivity index (χ0v) is 23.1. The number of hydrogen-bond donors (Lipinski definition) is 2. The van der Waals surface area contributed by atoms with Gasteiger partial charge in [-0.15, -0.1) is 0 Å². The van der Waals surface area contributed by atoms with E-state index in [2.05, 4.69) is 16.7 Å². The van der Waals surface area contributed by atoms with E-state index < -0.39 is 30.0 Å². The van der Waals surface area contributed by atoms with Crippen molar-refractivity contribution in [3.63, 3.8) is 0 Å². The van der Waals surface area contributed by atoms with Gasteiger partial charge in [-0.3, -0.25) is 14.4 Å². The van der Waals surface area contributed by atoms with Crippen LogP contribution in [0.4, 0.5) is 4.79 Å². The Labute approximate surface area is 244 Å². The first kappa shape index (κ1) is 29.8. The van der Waals surface area contributed by atoms with Gasteiger partial charge in [-0.05, 0) is 29.5 Å². The largest absolute Gasteiger partial charge is 0.443 e. The number of amides is 4. The van der Waals surface area contributed by atoms with Gasteiger partial charge in [0, 0.05) is 19.5 Å². The second kappa shape index (κ2) is 15.0. The average Bonchev–Trinajstić information content (AvgIpc) is 3.03. The molecule has 3 aromatic carbocycles. The molecule has 10 heteroatoms. The SMILES string of the molecule is N#CC(NC(=O)[C@@H]1CCCN(C(=O)OCc2ccccc2)N1C(=O)CCNC(=O)Cc1ccccc1)c1ccccc1. The quantitative estimate of drug-likeness (QED) is 0.384. The van der Waals surface area contributed by atoms with Crippen LogP contribution in [0.15, 0.2) is 91.0 Å². The van der Waals surface area contributed by atoms with Gasteiger partial charge < -0.3 is 15.4 Å². The first-order valence-electron chi connectivity index (χ1n) is 13.8. The zero-order chi connectivity index (χ0) is 29.7. The number of nitrogens with zero attached hydrogens (tertiary/aromatic N) is 3. The lowest BCUT2D eigenvalue weighted by Crippen LogP contribution is -2.62. The summed E-state index contributed by atoms with van der Waals surface area (Å²) in [6.45, 7) is 0.187. The van der Waals surface area contributed by atoms with Crippen LogP contribution in [0.25, 0.3) is 0 Å². The van der Waals surface area contributed by atoms with Crippen LogP contribution in [0.5, 0.6) is 0 Å². The molecular weight excluding hydrogens is 534 g/mol. The number of carbonyl (C=O) groups is 4. The average molecular weight is 568 g/mol. The van der Waals surface area contributed by atoms with E-state index in [9.17, 15) is 24.4 Å². The van der Waals surface area contributed by atoms with Gasteiger partial charge in [0.1, 0.15) is 18.7 Å². The molecule has 1 aliphatic heterocycles. The molecule has 1 aliphatic rings. The van der Waals surface area contributed by atoms with Crippen LogP contribution in [0.1, 0.15) is 42.0 Å². The highest BCUT2D eigenvalue weighted by molar-refractivity contribution is 5.90. The fourth-order valence-corrected chi connectivity index (χ4v) is 4.70. The van der Waals surface area contributed by atoms with E-state index in [1.165, 1.54) is 0 Å². The highest BCUT2D eigenvalue weighted by Gasteiger charge is 2.40. The predicted octanol–water partition coefficient (Wildman–Crippen LogP) is 3.66. The molecule has 42 heavy (non-hydrogen) atoms. The monoisotopic (exact) mass is 567 g/mol. The molecule has 0 saturated carbocycles. The number of hydrogen-bond acceptors (Lipinski definition) is 6. The summed E-state index contributed by atoms with van der Waals surface area (Å²) < 4.78 is 5.50. The summed E-state index contributed by atoms with van der Waals surface area (Å²) in [5.41, 5.74) is 2.21. The Morgan fingerprint density at radius 3 is 2.17 bits per heavy atom. The van der Waals surface area contributed by atoms with E-state index in [0.717, 1.165) is 21.1 Å². The van der Waals surface area contributed by atoms with Gasteiger partial charge in [-0.1, -0.05) is 91.0 Å². The number of ether oxygens (including phenoxy) is 1. The number of carbonyl (C=O) groups excluding carboxylic acids is 4. The Bertz CT molecular complexity index is 1400. The van der Waals surface area contributed by atoms with Crippen molar-refractivity contribution in [2.45, 2.75) is 44.4 Å². The summed E-state index contributed by atoms with van der Waals surface area (Å²) in [5, 5.41) is 17.4. The van der Waals surface area contributed by atoms with E-state index in [4.69, 9.17) is 4.74 Å². The summed E-state index contributed by atoms with van der Waals surface area (Å²) in [7, 11) is 0. The van der Waals surface area contributed by atoms with Gasteiger partial charge in [0.05, 0.1) is 12.5 Å². The predicted molar refractivity (Wildman–Crippen MR) is 154 cm³/mol. The summed E-state index contributed by atoms with van der Waals surface area (Å²) in [6, 6.07) is 27.2. The van der Waals surface area contributed by atoms with Gasteiger partial charge in [0.2, 0.25) is 17.7 Å². The fourth-order valence-electron chi connectivity index (χ4n) is 4.70. The first-order chi connectivity index (χ1) is 20.5. The van der Waals surface area contributed by atoms with Crippen molar-refractivity contribution in [2.24, 2.45) is 0 Å². The van der Waals surface area contributed by atoms with Crippen LogP contribution in [0.2, 0.25) is 0 Å². The van der Waals surface area contributed by atoms with Crippen molar-refractivity contribution in [3.05, 3.63) is 108 Å². The number of nitrogens with one attached hydrogen (secondary N) is 2. The molecule has 0 bridgehead atoms. The second-order valence-corrected chi connectivity index (χ2v) is 9.80. The van der Waals surface area contributed by atoms with Gasteiger partial charge in [0.15, 0.2) is 0 Å². The maximum Gasteiger partial charge on any atom is 0.429 e. The lowest BCUT2D eigenvalue weighted by Gasteiger charge is -2.42. The topological polar surface area (TPSA) is 132 Å². The molecule has 2 atom stereocenters. The molecular formula is C32H33N5O5. The molecule has 216 valence electrons. The number of nitriles is 1. The molecule has 4 amide bonds. The number of benzene rings is 3. The molecule has 1 saturated heterocycles. The van der Waals surface area contributed by atoms with E-state index in [1.807, 2.05) is 60.7 Å².